The highest BCUT2D eigenvalue weighted by molar-refractivity contribution is 5.64. The van der Waals surface area contributed by atoms with E-state index in [-0.39, 0.29) is 5.92 Å². The van der Waals surface area contributed by atoms with E-state index < -0.39 is 5.54 Å². The molecule has 1 aromatic heterocycles. The lowest BCUT2D eigenvalue weighted by Crippen LogP contribution is -2.50. The topological polar surface area (TPSA) is 63.8 Å². The summed E-state index contributed by atoms with van der Waals surface area (Å²) in [5.74, 6) is 1.12. The molecule has 166 valence electrons. The third-order valence-corrected chi connectivity index (χ3v) is 6.08. The smallest absolute Gasteiger partial charge is 0.233 e. The largest absolute Gasteiger partial charge is 0.377 e. The van der Waals surface area contributed by atoms with Crippen LogP contribution in [0, 0.1) is 0 Å². The van der Waals surface area contributed by atoms with Gasteiger partial charge in [-0.1, -0.05) is 96.2 Å². The highest BCUT2D eigenvalue weighted by atomic mass is 16.5. The van der Waals surface area contributed by atoms with Crippen LogP contribution in [0.1, 0.15) is 34.3 Å². The number of hydrogen-bond donors (Lipinski definition) is 0. The van der Waals surface area contributed by atoms with E-state index in [4.69, 9.17) is 14.3 Å². The predicted molar refractivity (Wildman–Crippen MR) is 127 cm³/mol. The lowest BCUT2D eigenvalue weighted by atomic mass is 9.75. The molecule has 0 aliphatic carbocycles. The summed E-state index contributed by atoms with van der Waals surface area (Å²) < 4.78 is 10.7. The van der Waals surface area contributed by atoms with Crippen molar-refractivity contribution in [3.63, 3.8) is 0 Å². The van der Waals surface area contributed by atoms with Crippen molar-refractivity contribution < 1.29 is 9.26 Å². The first-order chi connectivity index (χ1) is 16.3. The second-order valence-electron chi connectivity index (χ2n) is 8.12. The first-order valence-electron chi connectivity index (χ1n) is 11.1. The molecule has 0 saturated heterocycles. The molecule has 4 aromatic rings. The number of aromatic nitrogens is 2. The number of aliphatic imine (C=N–C) groups is 1. The second kappa shape index (κ2) is 9.38. The minimum Gasteiger partial charge on any atom is -0.377 e. The molecule has 6 nitrogen and oxygen atoms in total. The summed E-state index contributed by atoms with van der Waals surface area (Å²) >= 11 is 0. The molecule has 0 radical (unpaired) electrons. The zero-order valence-corrected chi connectivity index (χ0v) is 18.5. The normalized spacial score (nSPS) is 16.2. The summed E-state index contributed by atoms with van der Waals surface area (Å²) in [7, 11) is 1.62. The Morgan fingerprint density at radius 2 is 1.42 bits per heavy atom. The number of methoxy groups -OCH3 is 1. The van der Waals surface area contributed by atoms with Crippen molar-refractivity contribution in [2.24, 2.45) is 4.99 Å². The van der Waals surface area contributed by atoms with Crippen molar-refractivity contribution in [1.82, 2.24) is 15.0 Å². The first kappa shape index (κ1) is 21.1. The summed E-state index contributed by atoms with van der Waals surface area (Å²) in [5, 5.41) is 4.06. The molecule has 1 atom stereocenters. The first-order valence-corrected chi connectivity index (χ1v) is 11.1. The van der Waals surface area contributed by atoms with Gasteiger partial charge in [0.05, 0.1) is 18.8 Å². The summed E-state index contributed by atoms with van der Waals surface area (Å²) in [6.45, 7) is 1.60. The Bertz CT molecular complexity index is 1100. The summed E-state index contributed by atoms with van der Waals surface area (Å²) in [6, 6.07) is 31.8. The van der Waals surface area contributed by atoms with Gasteiger partial charge < -0.3 is 14.2 Å². The van der Waals surface area contributed by atoms with E-state index in [1.165, 1.54) is 16.7 Å². The van der Waals surface area contributed by atoms with Gasteiger partial charge >= 0.3 is 0 Å². The van der Waals surface area contributed by atoms with Crippen LogP contribution in [0.5, 0.6) is 0 Å². The number of hydrogen-bond acceptors (Lipinski definition) is 6. The van der Waals surface area contributed by atoms with Crippen molar-refractivity contribution >= 4 is 6.34 Å². The number of benzene rings is 3. The molecule has 0 bridgehead atoms. The lowest BCUT2D eigenvalue weighted by molar-refractivity contribution is 0.174. The number of nitrogens with zero attached hydrogens (tertiary/aromatic N) is 4. The van der Waals surface area contributed by atoms with Gasteiger partial charge in [-0.3, -0.25) is 4.99 Å². The third-order valence-electron chi connectivity index (χ3n) is 6.08. The highest BCUT2D eigenvalue weighted by Crippen LogP contribution is 2.43. The molecule has 1 aliphatic rings. The molecule has 3 aromatic carbocycles. The molecule has 0 fully saturated rings. The van der Waals surface area contributed by atoms with Gasteiger partial charge in [0, 0.05) is 13.7 Å². The Balaban J connectivity index is 1.65. The SMILES string of the molecule is COCc1noc(C2CN=CN(C(c3ccccc3)(c3ccccc3)c3ccccc3)C2)n1. The third kappa shape index (κ3) is 3.94. The molecule has 5 rings (SSSR count). The van der Waals surface area contributed by atoms with Crippen molar-refractivity contribution in [1.29, 1.82) is 0 Å². The van der Waals surface area contributed by atoms with Crippen LogP contribution in [0.2, 0.25) is 0 Å². The second-order valence-corrected chi connectivity index (χ2v) is 8.12. The van der Waals surface area contributed by atoms with E-state index >= 15 is 0 Å². The predicted octanol–water partition coefficient (Wildman–Crippen LogP) is 4.64. The Kier molecular flexibility index (Phi) is 6.00. The van der Waals surface area contributed by atoms with E-state index in [2.05, 4.69) is 87.8 Å². The van der Waals surface area contributed by atoms with Crippen molar-refractivity contribution in [2.45, 2.75) is 18.1 Å². The van der Waals surface area contributed by atoms with E-state index in [1.54, 1.807) is 7.11 Å². The van der Waals surface area contributed by atoms with E-state index in [1.807, 2.05) is 24.5 Å². The fraction of sp³-hybridized carbons (Fsp3) is 0.222. The maximum atomic E-state index is 5.59. The van der Waals surface area contributed by atoms with Crippen LogP contribution in [0.4, 0.5) is 0 Å². The molecule has 0 N–H and O–H groups in total. The summed E-state index contributed by atoms with van der Waals surface area (Å²) in [5.41, 5.74) is 2.93. The van der Waals surface area contributed by atoms with Crippen LogP contribution in [0.3, 0.4) is 0 Å². The monoisotopic (exact) mass is 438 g/mol. The van der Waals surface area contributed by atoms with E-state index in [0.29, 0.717) is 31.4 Å². The van der Waals surface area contributed by atoms with Crippen LogP contribution in [-0.2, 0) is 16.9 Å². The van der Waals surface area contributed by atoms with E-state index in [9.17, 15) is 0 Å². The fourth-order valence-electron chi connectivity index (χ4n) is 4.65. The molecule has 33 heavy (non-hydrogen) atoms. The van der Waals surface area contributed by atoms with Crippen LogP contribution in [-0.4, -0.2) is 41.6 Å². The minimum absolute atomic E-state index is 0.0244. The molecular formula is C27H26N4O2. The number of ether oxygens (including phenoxy) is 1. The Hall–Kier alpha value is -3.77. The van der Waals surface area contributed by atoms with Gasteiger partial charge in [0.25, 0.3) is 0 Å². The maximum Gasteiger partial charge on any atom is 0.233 e. The van der Waals surface area contributed by atoms with Crippen LogP contribution in [0.15, 0.2) is 101 Å². The van der Waals surface area contributed by atoms with Crippen molar-refractivity contribution in [2.75, 3.05) is 20.2 Å². The Morgan fingerprint density at radius 1 is 0.879 bits per heavy atom. The molecule has 0 amide bonds. The molecule has 2 heterocycles. The summed E-state index contributed by atoms with van der Waals surface area (Å²) in [6.07, 6.45) is 1.97. The molecular weight excluding hydrogens is 412 g/mol. The number of rotatable bonds is 7. The van der Waals surface area contributed by atoms with Crippen LogP contribution >= 0.6 is 0 Å². The maximum absolute atomic E-state index is 5.59. The standard InChI is InChI=1S/C27H26N4O2/c1-32-19-25-29-26(33-30-25)21-17-28-20-31(18-21)27(22-11-5-2-6-12-22,23-13-7-3-8-14-23)24-15-9-4-10-16-24/h2-16,20-21H,17-19H2,1H3. The lowest BCUT2D eigenvalue weighted by Gasteiger charge is -2.46. The molecule has 0 spiro atoms. The molecule has 1 aliphatic heterocycles. The van der Waals surface area contributed by atoms with Gasteiger partial charge in [0.1, 0.15) is 12.1 Å². The quantitative estimate of drug-likeness (QED) is 0.394. The van der Waals surface area contributed by atoms with Crippen molar-refractivity contribution in [3.8, 4) is 0 Å². The van der Waals surface area contributed by atoms with E-state index in [0.717, 1.165) is 0 Å². The van der Waals surface area contributed by atoms with Gasteiger partial charge in [-0.2, -0.15) is 4.98 Å². The Morgan fingerprint density at radius 3 is 1.94 bits per heavy atom. The van der Waals surface area contributed by atoms with Crippen LogP contribution < -0.4 is 0 Å². The zero-order chi connectivity index (χ0) is 22.5. The van der Waals surface area contributed by atoms with Gasteiger partial charge in [-0.05, 0) is 16.7 Å². The fourth-order valence-corrected chi connectivity index (χ4v) is 4.65. The van der Waals surface area contributed by atoms with Gasteiger partial charge in [-0.15, -0.1) is 0 Å². The molecule has 0 saturated carbocycles. The van der Waals surface area contributed by atoms with Gasteiger partial charge in [0.15, 0.2) is 5.82 Å². The minimum atomic E-state index is -0.568. The molecule has 6 heteroatoms. The zero-order valence-electron chi connectivity index (χ0n) is 18.5. The highest BCUT2D eigenvalue weighted by Gasteiger charge is 2.43. The molecule has 1 unspecified atom stereocenters. The van der Waals surface area contributed by atoms with Crippen molar-refractivity contribution in [3.05, 3.63) is 119 Å². The average Bonchev–Trinajstić information content (AvgIpc) is 3.36. The Labute approximate surface area is 193 Å². The van der Waals surface area contributed by atoms with Gasteiger partial charge in [-0.25, -0.2) is 0 Å². The van der Waals surface area contributed by atoms with Crippen LogP contribution in [0.25, 0.3) is 0 Å². The summed E-state index contributed by atoms with van der Waals surface area (Å²) in [4.78, 5) is 11.6. The average molecular weight is 439 g/mol. The van der Waals surface area contributed by atoms with Gasteiger partial charge in [0.2, 0.25) is 5.89 Å².